The molecular weight excluding hydrogens is 364 g/mol. The van der Waals surface area contributed by atoms with Crippen LogP contribution in [-0.4, -0.2) is 44.1 Å². The number of piperidine rings is 1. The maximum atomic E-state index is 5.75. The fraction of sp³-hybridized carbons (Fsp3) is 0.522. The fourth-order valence-electron chi connectivity index (χ4n) is 3.73. The maximum Gasteiger partial charge on any atom is 0.191 e. The van der Waals surface area contributed by atoms with Gasteiger partial charge in [0, 0.05) is 20.2 Å². The molecule has 1 unspecified atom stereocenters. The Morgan fingerprint density at radius 1 is 1.10 bits per heavy atom. The van der Waals surface area contributed by atoms with Gasteiger partial charge in [0.2, 0.25) is 0 Å². The van der Waals surface area contributed by atoms with E-state index in [1.807, 2.05) is 6.07 Å². The van der Waals surface area contributed by atoms with Gasteiger partial charge in [-0.25, -0.2) is 4.99 Å². The topological polar surface area (TPSA) is 62.0 Å². The zero-order valence-electron chi connectivity index (χ0n) is 17.7. The van der Waals surface area contributed by atoms with Crippen LogP contribution in [0.15, 0.2) is 52.1 Å². The molecule has 1 aliphatic rings. The fourth-order valence-corrected chi connectivity index (χ4v) is 3.73. The van der Waals surface area contributed by atoms with E-state index in [1.165, 1.54) is 30.4 Å². The SMILES string of the molecule is CCNC(=NCc1ccc(COC)cc1)NCC(c1ccco1)N1CCCCC1. The van der Waals surface area contributed by atoms with E-state index in [0.717, 1.165) is 37.9 Å². The minimum absolute atomic E-state index is 0.225. The standard InChI is InChI=1S/C23H34N4O2/c1-3-24-23(25-16-19-9-11-20(12-10-19)18-28-2)26-17-21(22-8-7-15-29-22)27-13-5-4-6-14-27/h7-12,15,21H,3-6,13-14,16-18H2,1-2H3,(H2,24,25,26). The average molecular weight is 399 g/mol. The number of aliphatic imine (C=N–C) groups is 1. The highest BCUT2D eigenvalue weighted by molar-refractivity contribution is 5.79. The lowest BCUT2D eigenvalue weighted by Crippen LogP contribution is -2.44. The second kappa shape index (κ2) is 11.6. The first kappa shape index (κ1) is 21.4. The number of furan rings is 1. The number of guanidine groups is 1. The number of nitrogens with one attached hydrogen (secondary N) is 2. The van der Waals surface area contributed by atoms with Crippen LogP contribution in [0.4, 0.5) is 0 Å². The summed E-state index contributed by atoms with van der Waals surface area (Å²) >= 11 is 0. The number of nitrogens with zero attached hydrogens (tertiary/aromatic N) is 2. The van der Waals surface area contributed by atoms with E-state index < -0.39 is 0 Å². The van der Waals surface area contributed by atoms with Crippen molar-refractivity contribution in [2.75, 3.05) is 33.3 Å². The first-order valence-electron chi connectivity index (χ1n) is 10.7. The third-order valence-electron chi connectivity index (χ3n) is 5.26. The van der Waals surface area contributed by atoms with E-state index in [1.54, 1.807) is 13.4 Å². The molecule has 0 saturated carbocycles. The summed E-state index contributed by atoms with van der Waals surface area (Å²) in [6.45, 7) is 7.20. The van der Waals surface area contributed by atoms with E-state index in [9.17, 15) is 0 Å². The van der Waals surface area contributed by atoms with Crippen molar-refractivity contribution in [2.45, 2.75) is 45.4 Å². The predicted molar refractivity (Wildman–Crippen MR) is 117 cm³/mol. The molecule has 1 aromatic carbocycles. The molecule has 2 N–H and O–H groups in total. The zero-order valence-corrected chi connectivity index (χ0v) is 17.7. The van der Waals surface area contributed by atoms with Gasteiger partial charge in [-0.1, -0.05) is 30.7 Å². The molecule has 0 spiro atoms. The van der Waals surface area contributed by atoms with Gasteiger partial charge in [0.05, 0.1) is 25.5 Å². The minimum atomic E-state index is 0.225. The number of benzene rings is 1. The third kappa shape index (κ3) is 6.61. The third-order valence-corrected chi connectivity index (χ3v) is 5.26. The van der Waals surface area contributed by atoms with Crippen molar-refractivity contribution < 1.29 is 9.15 Å². The van der Waals surface area contributed by atoms with Gasteiger partial charge < -0.3 is 19.8 Å². The number of ether oxygens (including phenoxy) is 1. The molecule has 158 valence electrons. The van der Waals surface area contributed by atoms with Crippen molar-refractivity contribution in [3.63, 3.8) is 0 Å². The Hall–Kier alpha value is -2.31. The van der Waals surface area contributed by atoms with Gasteiger partial charge in [-0.05, 0) is 56.1 Å². The van der Waals surface area contributed by atoms with Gasteiger partial charge in [-0.2, -0.15) is 0 Å². The lowest BCUT2D eigenvalue weighted by molar-refractivity contribution is 0.146. The molecule has 0 radical (unpaired) electrons. The van der Waals surface area contributed by atoms with Crippen LogP contribution < -0.4 is 10.6 Å². The molecule has 6 nitrogen and oxygen atoms in total. The molecule has 0 aliphatic carbocycles. The summed E-state index contributed by atoms with van der Waals surface area (Å²) in [6, 6.07) is 12.7. The first-order chi connectivity index (χ1) is 14.3. The predicted octanol–water partition coefficient (Wildman–Crippen LogP) is 3.71. The molecule has 1 atom stereocenters. The van der Waals surface area contributed by atoms with Crippen molar-refractivity contribution in [3.05, 3.63) is 59.5 Å². The van der Waals surface area contributed by atoms with Crippen molar-refractivity contribution in [3.8, 4) is 0 Å². The minimum Gasteiger partial charge on any atom is -0.468 e. The van der Waals surface area contributed by atoms with Gasteiger partial charge in [0.1, 0.15) is 5.76 Å². The van der Waals surface area contributed by atoms with Gasteiger partial charge in [-0.15, -0.1) is 0 Å². The van der Waals surface area contributed by atoms with Crippen LogP contribution in [0.1, 0.15) is 49.1 Å². The Kier molecular flexibility index (Phi) is 8.58. The number of hydrogen-bond donors (Lipinski definition) is 2. The number of methoxy groups -OCH3 is 1. The monoisotopic (exact) mass is 398 g/mol. The zero-order chi connectivity index (χ0) is 20.3. The second-order valence-electron chi connectivity index (χ2n) is 7.45. The quantitative estimate of drug-likeness (QED) is 0.498. The van der Waals surface area contributed by atoms with E-state index in [0.29, 0.717) is 13.2 Å². The lowest BCUT2D eigenvalue weighted by atomic mass is 10.1. The van der Waals surface area contributed by atoms with Crippen LogP contribution in [0.5, 0.6) is 0 Å². The Balaban J connectivity index is 1.62. The molecule has 1 aliphatic heterocycles. The molecule has 2 heterocycles. The summed E-state index contributed by atoms with van der Waals surface area (Å²) in [5.74, 6) is 1.85. The highest BCUT2D eigenvalue weighted by Gasteiger charge is 2.24. The van der Waals surface area contributed by atoms with E-state index in [-0.39, 0.29) is 6.04 Å². The van der Waals surface area contributed by atoms with E-state index in [2.05, 4.69) is 52.8 Å². The Bertz CT molecular complexity index is 722. The Morgan fingerprint density at radius 3 is 2.52 bits per heavy atom. The molecule has 29 heavy (non-hydrogen) atoms. The highest BCUT2D eigenvalue weighted by atomic mass is 16.5. The van der Waals surface area contributed by atoms with Crippen LogP contribution >= 0.6 is 0 Å². The molecule has 2 aromatic rings. The summed E-state index contributed by atoms with van der Waals surface area (Å²) in [5, 5.41) is 6.88. The molecule has 0 bridgehead atoms. The average Bonchev–Trinajstić information content (AvgIpc) is 3.29. The highest BCUT2D eigenvalue weighted by Crippen LogP contribution is 2.24. The van der Waals surface area contributed by atoms with Crippen molar-refractivity contribution in [1.29, 1.82) is 0 Å². The Labute approximate surface area is 174 Å². The summed E-state index contributed by atoms with van der Waals surface area (Å²) in [7, 11) is 1.71. The smallest absolute Gasteiger partial charge is 0.191 e. The summed E-state index contributed by atoms with van der Waals surface area (Å²) in [6.07, 6.45) is 5.59. The molecule has 1 fully saturated rings. The van der Waals surface area contributed by atoms with Gasteiger partial charge in [0.15, 0.2) is 5.96 Å². The van der Waals surface area contributed by atoms with Crippen LogP contribution in [-0.2, 0) is 17.9 Å². The van der Waals surface area contributed by atoms with Crippen LogP contribution in [0.3, 0.4) is 0 Å². The molecule has 6 heteroatoms. The van der Waals surface area contributed by atoms with Crippen molar-refractivity contribution in [1.82, 2.24) is 15.5 Å². The van der Waals surface area contributed by atoms with E-state index >= 15 is 0 Å². The number of rotatable bonds is 9. The van der Waals surface area contributed by atoms with Crippen LogP contribution in [0.25, 0.3) is 0 Å². The van der Waals surface area contributed by atoms with Crippen LogP contribution in [0.2, 0.25) is 0 Å². The van der Waals surface area contributed by atoms with Crippen molar-refractivity contribution >= 4 is 5.96 Å². The largest absolute Gasteiger partial charge is 0.468 e. The van der Waals surface area contributed by atoms with Gasteiger partial charge >= 0.3 is 0 Å². The van der Waals surface area contributed by atoms with Crippen molar-refractivity contribution in [2.24, 2.45) is 4.99 Å². The summed E-state index contributed by atoms with van der Waals surface area (Å²) in [5.41, 5.74) is 2.36. The molecular formula is C23H34N4O2. The Morgan fingerprint density at radius 2 is 1.86 bits per heavy atom. The van der Waals surface area contributed by atoms with Crippen LogP contribution in [0, 0.1) is 0 Å². The first-order valence-corrected chi connectivity index (χ1v) is 10.7. The molecule has 0 amide bonds. The summed E-state index contributed by atoms with van der Waals surface area (Å²) in [4.78, 5) is 7.29. The van der Waals surface area contributed by atoms with E-state index in [4.69, 9.17) is 14.1 Å². The maximum absolute atomic E-state index is 5.75. The summed E-state index contributed by atoms with van der Waals surface area (Å²) < 4.78 is 10.9. The van der Waals surface area contributed by atoms with Gasteiger partial charge in [-0.3, -0.25) is 4.90 Å². The normalized spacial score (nSPS) is 16.6. The second-order valence-corrected chi connectivity index (χ2v) is 7.45. The lowest BCUT2D eigenvalue weighted by Gasteiger charge is -2.33. The molecule has 3 rings (SSSR count). The molecule has 1 saturated heterocycles. The van der Waals surface area contributed by atoms with Gasteiger partial charge in [0.25, 0.3) is 0 Å². The number of hydrogen-bond acceptors (Lipinski definition) is 4. The molecule has 1 aromatic heterocycles. The number of likely N-dealkylation sites (tertiary alicyclic amines) is 1.